The van der Waals surface area contributed by atoms with Gasteiger partial charge in [0, 0.05) is 18.8 Å². The summed E-state index contributed by atoms with van der Waals surface area (Å²) in [5, 5.41) is 9.05. The van der Waals surface area contributed by atoms with Crippen LogP contribution in [0.15, 0.2) is 24.3 Å². The molecule has 1 aliphatic heterocycles. The van der Waals surface area contributed by atoms with Gasteiger partial charge in [0.05, 0.1) is 11.5 Å². The number of nitrogens with two attached hydrogens (primary N) is 1. The van der Waals surface area contributed by atoms with Gasteiger partial charge < -0.3 is 15.7 Å². The van der Waals surface area contributed by atoms with Gasteiger partial charge in [0.15, 0.2) is 0 Å². The van der Waals surface area contributed by atoms with E-state index in [0.29, 0.717) is 17.8 Å². The molecule has 0 unspecified atom stereocenters. The summed E-state index contributed by atoms with van der Waals surface area (Å²) < 4.78 is 0. The molecule has 5 heteroatoms. The summed E-state index contributed by atoms with van der Waals surface area (Å²) in [6, 6.07) is 6.84. The van der Waals surface area contributed by atoms with Gasteiger partial charge in [-0.3, -0.25) is 9.59 Å². The van der Waals surface area contributed by atoms with Crippen molar-refractivity contribution in [1.29, 1.82) is 0 Å². The Labute approximate surface area is 105 Å². The molecular weight excluding hydrogens is 232 g/mol. The van der Waals surface area contributed by atoms with Crippen molar-refractivity contribution in [3.05, 3.63) is 29.8 Å². The predicted octanol–water partition coefficient (Wildman–Crippen LogP) is 1.06. The molecule has 0 spiro atoms. The fourth-order valence-corrected chi connectivity index (χ4v) is 2.32. The summed E-state index contributed by atoms with van der Waals surface area (Å²) in [6.45, 7) is 2.56. The number of carbonyl (C=O) groups excluding carboxylic acids is 1. The monoisotopic (exact) mass is 248 g/mol. The lowest BCUT2D eigenvalue weighted by atomic mass is 9.99. The van der Waals surface area contributed by atoms with E-state index in [1.807, 2.05) is 6.92 Å². The van der Waals surface area contributed by atoms with E-state index in [0.717, 1.165) is 0 Å². The predicted molar refractivity (Wildman–Crippen MR) is 67.0 cm³/mol. The van der Waals surface area contributed by atoms with Gasteiger partial charge in [-0.05, 0) is 18.1 Å². The van der Waals surface area contributed by atoms with E-state index < -0.39 is 11.9 Å². The van der Waals surface area contributed by atoms with Crippen LogP contribution in [0.3, 0.4) is 0 Å². The van der Waals surface area contributed by atoms with Crippen molar-refractivity contribution in [3.8, 4) is 0 Å². The van der Waals surface area contributed by atoms with Crippen LogP contribution >= 0.6 is 0 Å². The SMILES string of the molecule is C[C@@H]1CN(C(=O)c2ccccc2N)C[C@H]1C(=O)O. The lowest BCUT2D eigenvalue weighted by Crippen LogP contribution is -2.30. The highest BCUT2D eigenvalue weighted by atomic mass is 16.4. The number of anilines is 1. The third-order valence-electron chi connectivity index (χ3n) is 3.41. The molecule has 2 atom stereocenters. The number of benzene rings is 1. The number of nitrogens with zero attached hydrogens (tertiary/aromatic N) is 1. The van der Waals surface area contributed by atoms with E-state index in [2.05, 4.69) is 0 Å². The number of hydrogen-bond donors (Lipinski definition) is 2. The molecule has 0 saturated carbocycles. The fourth-order valence-electron chi connectivity index (χ4n) is 2.32. The van der Waals surface area contributed by atoms with Gasteiger partial charge in [0.1, 0.15) is 0 Å². The summed E-state index contributed by atoms with van der Waals surface area (Å²) >= 11 is 0. The first kappa shape index (κ1) is 12.4. The van der Waals surface area contributed by atoms with Crippen LogP contribution in [0.5, 0.6) is 0 Å². The molecule has 1 aromatic rings. The third-order valence-corrected chi connectivity index (χ3v) is 3.41. The van der Waals surface area contributed by atoms with Crippen LogP contribution in [0.2, 0.25) is 0 Å². The van der Waals surface area contributed by atoms with Crippen LogP contribution in [-0.4, -0.2) is 35.0 Å². The maximum atomic E-state index is 12.2. The van der Waals surface area contributed by atoms with Gasteiger partial charge in [-0.1, -0.05) is 19.1 Å². The second-order valence-corrected chi connectivity index (χ2v) is 4.72. The number of likely N-dealkylation sites (tertiary alicyclic amines) is 1. The molecule has 1 aliphatic rings. The summed E-state index contributed by atoms with van der Waals surface area (Å²) in [5.41, 5.74) is 6.62. The number of rotatable bonds is 2. The van der Waals surface area contributed by atoms with Crippen LogP contribution < -0.4 is 5.73 Å². The van der Waals surface area contributed by atoms with Crippen molar-refractivity contribution < 1.29 is 14.7 Å². The minimum absolute atomic E-state index is 0.0311. The Morgan fingerprint density at radius 1 is 1.33 bits per heavy atom. The Kier molecular flexibility index (Phi) is 3.23. The van der Waals surface area contributed by atoms with Crippen molar-refractivity contribution >= 4 is 17.6 Å². The quantitative estimate of drug-likeness (QED) is 0.766. The van der Waals surface area contributed by atoms with Crippen molar-refractivity contribution in [1.82, 2.24) is 4.90 Å². The standard InChI is InChI=1S/C13H16N2O3/c1-8-6-15(7-10(8)13(17)18)12(16)9-4-2-3-5-11(9)14/h2-5,8,10H,6-7,14H2,1H3,(H,17,18)/t8-,10-/m1/s1. The van der Waals surface area contributed by atoms with E-state index in [-0.39, 0.29) is 18.4 Å². The molecule has 5 nitrogen and oxygen atoms in total. The highest BCUT2D eigenvalue weighted by Gasteiger charge is 2.37. The highest BCUT2D eigenvalue weighted by Crippen LogP contribution is 2.25. The van der Waals surface area contributed by atoms with Gasteiger partial charge in [-0.25, -0.2) is 0 Å². The van der Waals surface area contributed by atoms with Gasteiger partial charge in [-0.15, -0.1) is 0 Å². The number of carbonyl (C=O) groups is 2. The molecule has 1 heterocycles. The van der Waals surface area contributed by atoms with Crippen LogP contribution in [-0.2, 0) is 4.79 Å². The maximum Gasteiger partial charge on any atom is 0.308 e. The number of aliphatic carboxylic acids is 1. The van der Waals surface area contributed by atoms with Crippen LogP contribution in [0.4, 0.5) is 5.69 Å². The highest BCUT2D eigenvalue weighted by molar-refractivity contribution is 5.99. The first-order valence-electron chi connectivity index (χ1n) is 5.87. The summed E-state index contributed by atoms with van der Waals surface area (Å²) in [6.07, 6.45) is 0. The molecule has 0 aliphatic carbocycles. The van der Waals surface area contributed by atoms with Crippen LogP contribution in [0, 0.1) is 11.8 Å². The summed E-state index contributed by atoms with van der Waals surface area (Å²) in [4.78, 5) is 24.8. The van der Waals surface area contributed by atoms with Crippen molar-refractivity contribution in [2.45, 2.75) is 6.92 Å². The largest absolute Gasteiger partial charge is 0.481 e. The lowest BCUT2D eigenvalue weighted by molar-refractivity contribution is -0.142. The molecule has 1 aromatic carbocycles. The van der Waals surface area contributed by atoms with Crippen molar-refractivity contribution in [2.75, 3.05) is 18.8 Å². The molecule has 3 N–H and O–H groups in total. The Balaban J connectivity index is 2.17. The minimum atomic E-state index is -0.848. The number of para-hydroxylation sites is 1. The Bertz CT molecular complexity index is 487. The van der Waals surface area contributed by atoms with Gasteiger partial charge in [0.25, 0.3) is 5.91 Å². The fraction of sp³-hybridized carbons (Fsp3) is 0.385. The number of carboxylic acid groups (broad SMARTS) is 1. The topological polar surface area (TPSA) is 83.6 Å². The molecule has 0 radical (unpaired) electrons. The van der Waals surface area contributed by atoms with E-state index in [9.17, 15) is 9.59 Å². The molecule has 0 aromatic heterocycles. The number of hydrogen-bond acceptors (Lipinski definition) is 3. The number of amides is 1. The Hall–Kier alpha value is -2.04. The normalized spacial score (nSPS) is 23.1. The van der Waals surface area contributed by atoms with Crippen LogP contribution in [0.1, 0.15) is 17.3 Å². The molecule has 96 valence electrons. The smallest absolute Gasteiger partial charge is 0.308 e. The first-order chi connectivity index (χ1) is 8.50. The molecule has 0 bridgehead atoms. The molecule has 1 amide bonds. The zero-order valence-electron chi connectivity index (χ0n) is 10.2. The minimum Gasteiger partial charge on any atom is -0.481 e. The molecule has 1 saturated heterocycles. The van der Waals surface area contributed by atoms with Gasteiger partial charge in [0.2, 0.25) is 0 Å². The van der Waals surface area contributed by atoms with E-state index >= 15 is 0 Å². The van der Waals surface area contributed by atoms with E-state index in [1.165, 1.54) is 0 Å². The van der Waals surface area contributed by atoms with Crippen LogP contribution in [0.25, 0.3) is 0 Å². The lowest BCUT2D eigenvalue weighted by Gasteiger charge is -2.16. The average molecular weight is 248 g/mol. The summed E-state index contributed by atoms with van der Waals surface area (Å²) in [5.74, 6) is -1.56. The summed E-state index contributed by atoms with van der Waals surface area (Å²) in [7, 11) is 0. The molecule has 18 heavy (non-hydrogen) atoms. The Morgan fingerprint density at radius 3 is 2.56 bits per heavy atom. The van der Waals surface area contributed by atoms with E-state index in [1.54, 1.807) is 29.2 Å². The first-order valence-corrected chi connectivity index (χ1v) is 5.87. The van der Waals surface area contributed by atoms with Gasteiger partial charge >= 0.3 is 5.97 Å². The maximum absolute atomic E-state index is 12.2. The second-order valence-electron chi connectivity index (χ2n) is 4.72. The van der Waals surface area contributed by atoms with E-state index in [4.69, 9.17) is 10.8 Å². The van der Waals surface area contributed by atoms with Crippen molar-refractivity contribution in [2.24, 2.45) is 11.8 Å². The zero-order valence-corrected chi connectivity index (χ0v) is 10.2. The number of carboxylic acids is 1. The average Bonchev–Trinajstić information content (AvgIpc) is 2.71. The molecule has 2 rings (SSSR count). The van der Waals surface area contributed by atoms with Gasteiger partial charge in [-0.2, -0.15) is 0 Å². The number of nitrogen functional groups attached to an aromatic ring is 1. The molecule has 1 fully saturated rings. The van der Waals surface area contributed by atoms with Crippen molar-refractivity contribution in [3.63, 3.8) is 0 Å². The Morgan fingerprint density at radius 2 is 2.00 bits per heavy atom. The second kappa shape index (κ2) is 4.68. The third kappa shape index (κ3) is 2.16. The zero-order chi connectivity index (χ0) is 13.3. The molecular formula is C13H16N2O3.